The van der Waals surface area contributed by atoms with Crippen molar-refractivity contribution in [2.24, 2.45) is 5.92 Å². The number of rotatable bonds is 5. The van der Waals surface area contributed by atoms with E-state index in [1.807, 2.05) is 0 Å². The van der Waals surface area contributed by atoms with Gasteiger partial charge in [0.15, 0.2) is 11.5 Å². The molecule has 3 rings (SSSR count). The molecule has 27 heavy (non-hydrogen) atoms. The molecule has 1 heterocycles. The van der Waals surface area contributed by atoms with Gasteiger partial charge in [0, 0.05) is 13.1 Å². The highest BCUT2D eigenvalue weighted by Crippen LogP contribution is 2.29. The summed E-state index contributed by atoms with van der Waals surface area (Å²) in [5.74, 6) is -0.864. The van der Waals surface area contributed by atoms with Crippen LogP contribution in [0.25, 0.3) is 0 Å². The van der Waals surface area contributed by atoms with E-state index < -0.39 is 27.7 Å². The van der Waals surface area contributed by atoms with E-state index in [0.29, 0.717) is 24.3 Å². The molecule has 2 aromatic rings. The number of para-hydroxylation sites is 2. The molecule has 8 heteroatoms. The zero-order valence-electron chi connectivity index (χ0n) is 14.8. The Hall–Kier alpha value is -2.45. The van der Waals surface area contributed by atoms with Crippen LogP contribution in [-0.2, 0) is 14.8 Å². The monoisotopic (exact) mass is 393 g/mol. The Bertz CT molecular complexity index is 923. The summed E-state index contributed by atoms with van der Waals surface area (Å²) < 4.78 is 50.9. The minimum Gasteiger partial charge on any atom is -0.493 e. The molecule has 1 aliphatic heterocycles. The second-order valence-corrected chi connectivity index (χ2v) is 8.09. The molecule has 0 aliphatic carbocycles. The molecule has 0 aromatic heterocycles. The van der Waals surface area contributed by atoms with Gasteiger partial charge in [-0.05, 0) is 37.1 Å². The predicted molar refractivity (Wildman–Crippen MR) is 96.5 cm³/mol. The summed E-state index contributed by atoms with van der Waals surface area (Å²) in [7, 11) is -2.44. The standard InChI is InChI=1S/C19H20FNO5S/c1-25-16-7-3-4-8-17(16)26-19(22)14-10-12-21(13-11-14)27(23,24)18-9-5-2-6-15(18)20/h2-9,14H,10-13H2,1H3. The second-order valence-electron chi connectivity index (χ2n) is 6.18. The van der Waals surface area contributed by atoms with Gasteiger partial charge in [-0.3, -0.25) is 4.79 Å². The summed E-state index contributed by atoms with van der Waals surface area (Å²) in [6.45, 7) is 0.255. The number of ether oxygens (including phenoxy) is 2. The third-order valence-corrected chi connectivity index (χ3v) is 6.45. The van der Waals surface area contributed by atoms with Crippen LogP contribution in [0.1, 0.15) is 12.8 Å². The van der Waals surface area contributed by atoms with Crippen molar-refractivity contribution in [3.63, 3.8) is 0 Å². The summed E-state index contributed by atoms with van der Waals surface area (Å²) in [5, 5.41) is 0. The van der Waals surface area contributed by atoms with Gasteiger partial charge in [0.1, 0.15) is 10.7 Å². The number of carbonyl (C=O) groups is 1. The lowest BCUT2D eigenvalue weighted by atomic mass is 9.98. The average molecular weight is 393 g/mol. The van der Waals surface area contributed by atoms with Gasteiger partial charge in [-0.25, -0.2) is 12.8 Å². The molecular formula is C19H20FNO5S. The first-order valence-corrected chi connectivity index (χ1v) is 9.97. The van der Waals surface area contributed by atoms with Gasteiger partial charge in [0.05, 0.1) is 13.0 Å². The van der Waals surface area contributed by atoms with Gasteiger partial charge in [0.25, 0.3) is 0 Å². The van der Waals surface area contributed by atoms with E-state index in [9.17, 15) is 17.6 Å². The van der Waals surface area contributed by atoms with E-state index in [0.717, 1.165) is 6.07 Å². The fraction of sp³-hybridized carbons (Fsp3) is 0.316. The molecule has 0 atom stereocenters. The highest BCUT2D eigenvalue weighted by molar-refractivity contribution is 7.89. The smallest absolute Gasteiger partial charge is 0.314 e. The zero-order chi connectivity index (χ0) is 19.4. The van der Waals surface area contributed by atoms with E-state index in [1.54, 1.807) is 24.3 Å². The van der Waals surface area contributed by atoms with Crippen molar-refractivity contribution in [2.75, 3.05) is 20.2 Å². The number of hydrogen-bond donors (Lipinski definition) is 0. The van der Waals surface area contributed by atoms with E-state index in [4.69, 9.17) is 9.47 Å². The van der Waals surface area contributed by atoms with Crippen LogP contribution in [0.3, 0.4) is 0 Å². The van der Waals surface area contributed by atoms with Crippen LogP contribution in [0.2, 0.25) is 0 Å². The van der Waals surface area contributed by atoms with Crippen molar-refractivity contribution in [1.82, 2.24) is 4.31 Å². The molecule has 2 aromatic carbocycles. The summed E-state index contributed by atoms with van der Waals surface area (Å²) >= 11 is 0. The minimum absolute atomic E-state index is 0.127. The summed E-state index contributed by atoms with van der Waals surface area (Å²) in [5.41, 5.74) is 0. The Kier molecular flexibility index (Phi) is 5.76. The summed E-state index contributed by atoms with van der Waals surface area (Å²) in [4.78, 5) is 12.1. The van der Waals surface area contributed by atoms with Crippen LogP contribution in [-0.4, -0.2) is 38.9 Å². The highest BCUT2D eigenvalue weighted by Gasteiger charge is 2.34. The van der Waals surface area contributed by atoms with Gasteiger partial charge in [-0.2, -0.15) is 4.31 Å². The van der Waals surface area contributed by atoms with Gasteiger partial charge in [0.2, 0.25) is 10.0 Å². The summed E-state index contributed by atoms with van der Waals surface area (Å²) in [6.07, 6.45) is 0.614. The third-order valence-electron chi connectivity index (χ3n) is 4.52. The molecular weight excluding hydrogens is 373 g/mol. The topological polar surface area (TPSA) is 72.9 Å². The van der Waals surface area contributed by atoms with Crippen LogP contribution < -0.4 is 9.47 Å². The average Bonchev–Trinajstić information content (AvgIpc) is 2.68. The quantitative estimate of drug-likeness (QED) is 0.577. The van der Waals surface area contributed by atoms with Crippen molar-refractivity contribution < 1.29 is 27.1 Å². The number of hydrogen-bond acceptors (Lipinski definition) is 5. The fourth-order valence-electron chi connectivity index (χ4n) is 3.02. The fourth-order valence-corrected chi connectivity index (χ4v) is 4.55. The predicted octanol–water partition coefficient (Wildman–Crippen LogP) is 2.84. The van der Waals surface area contributed by atoms with Crippen molar-refractivity contribution in [3.8, 4) is 11.5 Å². The Morgan fingerprint density at radius 1 is 1.04 bits per heavy atom. The number of nitrogens with zero attached hydrogens (tertiary/aromatic N) is 1. The lowest BCUT2D eigenvalue weighted by Crippen LogP contribution is -2.41. The first-order chi connectivity index (χ1) is 12.9. The molecule has 0 spiro atoms. The van der Waals surface area contributed by atoms with E-state index in [1.165, 1.54) is 29.6 Å². The van der Waals surface area contributed by atoms with Crippen LogP contribution in [0.5, 0.6) is 11.5 Å². The molecule has 0 bridgehead atoms. The van der Waals surface area contributed by atoms with Gasteiger partial charge < -0.3 is 9.47 Å². The maximum Gasteiger partial charge on any atom is 0.314 e. The number of halogens is 1. The number of esters is 1. The van der Waals surface area contributed by atoms with Crippen LogP contribution in [0.4, 0.5) is 4.39 Å². The van der Waals surface area contributed by atoms with Crippen molar-refractivity contribution in [2.45, 2.75) is 17.7 Å². The molecule has 6 nitrogen and oxygen atoms in total. The van der Waals surface area contributed by atoms with Crippen molar-refractivity contribution in [3.05, 3.63) is 54.3 Å². The Labute approximate surface area is 157 Å². The number of carbonyl (C=O) groups excluding carboxylic acids is 1. The first-order valence-electron chi connectivity index (χ1n) is 8.53. The Morgan fingerprint density at radius 3 is 2.26 bits per heavy atom. The molecule has 0 N–H and O–H groups in total. The first kappa shape index (κ1) is 19.3. The van der Waals surface area contributed by atoms with Crippen LogP contribution in [0, 0.1) is 11.7 Å². The number of benzene rings is 2. The van der Waals surface area contributed by atoms with Gasteiger partial charge in [-0.15, -0.1) is 0 Å². The van der Waals surface area contributed by atoms with Crippen LogP contribution in [0.15, 0.2) is 53.4 Å². The molecule has 1 saturated heterocycles. The molecule has 0 amide bonds. The molecule has 0 unspecified atom stereocenters. The Balaban J connectivity index is 1.65. The number of sulfonamides is 1. The van der Waals surface area contributed by atoms with Gasteiger partial charge >= 0.3 is 5.97 Å². The Morgan fingerprint density at radius 2 is 1.63 bits per heavy atom. The molecule has 0 radical (unpaired) electrons. The maximum absolute atomic E-state index is 13.9. The minimum atomic E-state index is -3.93. The third kappa shape index (κ3) is 4.12. The largest absolute Gasteiger partial charge is 0.493 e. The highest BCUT2D eigenvalue weighted by atomic mass is 32.2. The lowest BCUT2D eigenvalue weighted by Gasteiger charge is -2.30. The lowest BCUT2D eigenvalue weighted by molar-refractivity contribution is -0.140. The van der Waals surface area contributed by atoms with Crippen LogP contribution >= 0.6 is 0 Å². The molecule has 1 fully saturated rings. The second kappa shape index (κ2) is 8.06. The molecule has 1 aliphatic rings. The van der Waals surface area contributed by atoms with Crippen molar-refractivity contribution in [1.29, 1.82) is 0 Å². The SMILES string of the molecule is COc1ccccc1OC(=O)C1CCN(S(=O)(=O)c2ccccc2F)CC1. The van der Waals surface area contributed by atoms with E-state index >= 15 is 0 Å². The van der Waals surface area contributed by atoms with Crippen molar-refractivity contribution >= 4 is 16.0 Å². The molecule has 144 valence electrons. The van der Waals surface area contributed by atoms with E-state index in [-0.39, 0.29) is 18.0 Å². The number of piperidine rings is 1. The van der Waals surface area contributed by atoms with Gasteiger partial charge in [-0.1, -0.05) is 24.3 Å². The number of methoxy groups -OCH3 is 1. The van der Waals surface area contributed by atoms with E-state index in [2.05, 4.69) is 0 Å². The summed E-state index contributed by atoms with van der Waals surface area (Å²) in [6, 6.07) is 12.1. The normalized spacial score (nSPS) is 16.1. The molecule has 0 saturated carbocycles. The zero-order valence-corrected chi connectivity index (χ0v) is 15.6. The maximum atomic E-state index is 13.9.